The van der Waals surface area contributed by atoms with Gasteiger partial charge in [0.1, 0.15) is 29.4 Å². The lowest BCUT2D eigenvalue weighted by Gasteiger charge is -2.33. The van der Waals surface area contributed by atoms with Crippen LogP contribution in [0.5, 0.6) is 11.5 Å². The van der Waals surface area contributed by atoms with E-state index in [-0.39, 0.29) is 12.1 Å². The first kappa shape index (κ1) is 20.9. The molecule has 3 aromatic rings. The Bertz CT molecular complexity index is 1040. The molecule has 2 amide bonds. The van der Waals surface area contributed by atoms with Crippen LogP contribution in [-0.4, -0.2) is 59.9 Å². The van der Waals surface area contributed by atoms with Crippen LogP contribution in [0.3, 0.4) is 0 Å². The summed E-state index contributed by atoms with van der Waals surface area (Å²) < 4.78 is 18.1. The Morgan fingerprint density at radius 3 is 2.48 bits per heavy atom. The van der Waals surface area contributed by atoms with Crippen molar-refractivity contribution < 1.29 is 19.0 Å². The number of fused-ring (bicyclic) bond motifs is 1. The van der Waals surface area contributed by atoms with E-state index in [1.807, 2.05) is 17.0 Å². The summed E-state index contributed by atoms with van der Waals surface area (Å²) in [6.45, 7) is 1.70. The van der Waals surface area contributed by atoms with Crippen molar-refractivity contribution in [1.82, 2.24) is 19.4 Å². The number of urea groups is 1. The lowest BCUT2D eigenvalue weighted by Crippen LogP contribution is -2.41. The van der Waals surface area contributed by atoms with Gasteiger partial charge in [-0.2, -0.15) is 0 Å². The zero-order valence-corrected chi connectivity index (χ0v) is 18.0. The second-order valence-corrected chi connectivity index (χ2v) is 7.43. The van der Waals surface area contributed by atoms with E-state index in [9.17, 15) is 4.79 Å². The van der Waals surface area contributed by atoms with Crippen molar-refractivity contribution in [3.05, 3.63) is 42.4 Å². The van der Waals surface area contributed by atoms with Crippen LogP contribution in [-0.2, 0) is 11.3 Å². The predicted octanol–water partition coefficient (Wildman–Crippen LogP) is 3.46. The van der Waals surface area contributed by atoms with Gasteiger partial charge in [-0.3, -0.25) is 0 Å². The Morgan fingerprint density at radius 1 is 1.13 bits per heavy atom. The van der Waals surface area contributed by atoms with Gasteiger partial charge in [-0.25, -0.2) is 14.8 Å². The largest absolute Gasteiger partial charge is 0.497 e. The molecule has 1 N–H and O–H groups in total. The molecule has 0 bridgehead atoms. The third kappa shape index (κ3) is 4.41. The average molecular weight is 425 g/mol. The van der Waals surface area contributed by atoms with Crippen molar-refractivity contribution in [3.8, 4) is 11.5 Å². The molecule has 0 unspecified atom stereocenters. The molecule has 164 valence electrons. The first-order valence-corrected chi connectivity index (χ1v) is 10.2. The Balaban J connectivity index is 1.45. The molecular formula is C22H27N5O4. The van der Waals surface area contributed by atoms with Crippen molar-refractivity contribution in [2.45, 2.75) is 25.5 Å². The van der Waals surface area contributed by atoms with E-state index in [1.54, 1.807) is 45.7 Å². The summed E-state index contributed by atoms with van der Waals surface area (Å²) in [6, 6.07) is 9.23. The number of benzene rings is 1. The number of piperidine rings is 1. The number of likely N-dealkylation sites (tertiary alicyclic amines) is 1. The molecule has 4 rings (SSSR count). The number of anilines is 1. The molecule has 0 aliphatic carbocycles. The predicted molar refractivity (Wildman–Crippen MR) is 117 cm³/mol. The van der Waals surface area contributed by atoms with Gasteiger partial charge in [0.2, 0.25) is 0 Å². The van der Waals surface area contributed by atoms with E-state index in [2.05, 4.69) is 19.9 Å². The van der Waals surface area contributed by atoms with Crippen LogP contribution >= 0.6 is 0 Å². The third-order valence-electron chi connectivity index (χ3n) is 5.51. The van der Waals surface area contributed by atoms with Crippen molar-refractivity contribution in [2.24, 2.45) is 0 Å². The van der Waals surface area contributed by atoms with Gasteiger partial charge in [-0.05, 0) is 25.0 Å². The van der Waals surface area contributed by atoms with Gasteiger partial charge in [-0.15, -0.1) is 0 Å². The lowest BCUT2D eigenvalue weighted by atomic mass is 10.0. The lowest BCUT2D eigenvalue weighted by molar-refractivity contribution is 0.162. The Labute approximate surface area is 180 Å². The maximum atomic E-state index is 12.8. The van der Waals surface area contributed by atoms with Crippen molar-refractivity contribution in [1.29, 1.82) is 0 Å². The molecule has 1 aliphatic rings. The van der Waals surface area contributed by atoms with Crippen LogP contribution in [0.15, 0.2) is 36.5 Å². The van der Waals surface area contributed by atoms with Crippen LogP contribution < -0.4 is 14.8 Å². The molecule has 1 aromatic carbocycles. The highest BCUT2D eigenvalue weighted by atomic mass is 16.5. The number of amides is 2. The van der Waals surface area contributed by atoms with Crippen molar-refractivity contribution >= 4 is 22.9 Å². The third-order valence-corrected chi connectivity index (χ3v) is 5.51. The van der Waals surface area contributed by atoms with Crippen LogP contribution in [0, 0.1) is 0 Å². The molecule has 9 nitrogen and oxygen atoms in total. The number of hydrogen-bond donors (Lipinski definition) is 1. The zero-order valence-electron chi connectivity index (χ0n) is 18.0. The molecule has 0 atom stereocenters. The van der Waals surface area contributed by atoms with Crippen LogP contribution in [0.2, 0.25) is 0 Å². The number of carbonyl (C=O) groups excluding carboxylic acids is 1. The van der Waals surface area contributed by atoms with E-state index in [0.29, 0.717) is 36.9 Å². The number of pyridine rings is 1. The highest BCUT2D eigenvalue weighted by Crippen LogP contribution is 2.30. The number of nitrogens with one attached hydrogen (secondary N) is 1. The molecule has 1 saturated heterocycles. The Kier molecular flexibility index (Phi) is 6.22. The molecular weight excluding hydrogens is 398 g/mol. The molecule has 1 aliphatic heterocycles. The first-order valence-electron chi connectivity index (χ1n) is 10.2. The normalized spacial score (nSPS) is 14.6. The van der Waals surface area contributed by atoms with E-state index in [1.165, 1.54) is 0 Å². The number of nitrogens with zero attached hydrogens (tertiary/aromatic N) is 4. The summed E-state index contributed by atoms with van der Waals surface area (Å²) in [6.07, 6.45) is 3.41. The highest BCUT2D eigenvalue weighted by molar-refractivity contribution is 5.90. The van der Waals surface area contributed by atoms with Gasteiger partial charge in [0.05, 0.1) is 14.2 Å². The number of carbonyl (C=O) groups is 1. The van der Waals surface area contributed by atoms with E-state index in [4.69, 9.17) is 14.2 Å². The molecule has 2 aromatic heterocycles. The topological polar surface area (TPSA) is 90.7 Å². The molecule has 9 heteroatoms. The van der Waals surface area contributed by atoms with Gasteiger partial charge >= 0.3 is 6.03 Å². The number of methoxy groups -OCH3 is 3. The van der Waals surface area contributed by atoms with Crippen LogP contribution in [0.25, 0.3) is 11.2 Å². The maximum absolute atomic E-state index is 12.8. The molecule has 3 heterocycles. The second kappa shape index (κ2) is 9.22. The zero-order chi connectivity index (χ0) is 21.8. The van der Waals surface area contributed by atoms with Crippen LogP contribution in [0.4, 0.5) is 10.5 Å². The number of ether oxygens (including phenoxy) is 3. The summed E-state index contributed by atoms with van der Waals surface area (Å²) >= 11 is 0. The van der Waals surface area contributed by atoms with E-state index in [0.717, 1.165) is 29.8 Å². The Hall–Kier alpha value is -3.33. The highest BCUT2D eigenvalue weighted by Gasteiger charge is 2.27. The fourth-order valence-electron chi connectivity index (χ4n) is 4.00. The van der Waals surface area contributed by atoms with Crippen LogP contribution in [0.1, 0.15) is 24.7 Å². The first-order chi connectivity index (χ1) is 15.1. The summed E-state index contributed by atoms with van der Waals surface area (Å²) in [5.41, 5.74) is 2.36. The quantitative estimate of drug-likeness (QED) is 0.650. The SMILES string of the molecule is COCc1nc2cccnc2n1C1CCN(C(=O)Nc2cc(OC)cc(OC)c2)CC1. The fourth-order valence-corrected chi connectivity index (χ4v) is 4.00. The van der Waals surface area contributed by atoms with Gasteiger partial charge in [0.25, 0.3) is 0 Å². The minimum atomic E-state index is -0.139. The van der Waals surface area contributed by atoms with Gasteiger partial charge in [-0.1, -0.05) is 0 Å². The minimum absolute atomic E-state index is 0.139. The Morgan fingerprint density at radius 2 is 1.84 bits per heavy atom. The summed E-state index contributed by atoms with van der Waals surface area (Å²) in [5.74, 6) is 2.11. The van der Waals surface area contributed by atoms with Gasteiger partial charge in [0.15, 0.2) is 5.65 Å². The van der Waals surface area contributed by atoms with Gasteiger partial charge in [0, 0.05) is 56.3 Å². The van der Waals surface area contributed by atoms with Crippen molar-refractivity contribution in [3.63, 3.8) is 0 Å². The molecule has 0 radical (unpaired) electrons. The minimum Gasteiger partial charge on any atom is -0.497 e. The molecule has 0 saturated carbocycles. The molecule has 0 spiro atoms. The van der Waals surface area contributed by atoms with E-state index < -0.39 is 0 Å². The number of imidazole rings is 1. The number of rotatable bonds is 6. The van der Waals surface area contributed by atoms with Gasteiger partial charge < -0.3 is 29.0 Å². The second-order valence-electron chi connectivity index (χ2n) is 7.43. The van der Waals surface area contributed by atoms with E-state index >= 15 is 0 Å². The molecule has 31 heavy (non-hydrogen) atoms. The standard InChI is InChI=1S/C22H27N5O4/c1-29-14-20-25-19-5-4-8-23-21(19)27(20)16-6-9-26(10-7-16)22(28)24-15-11-17(30-2)13-18(12-15)31-3/h4-5,8,11-13,16H,6-7,9-10,14H2,1-3H3,(H,24,28). The summed E-state index contributed by atoms with van der Waals surface area (Å²) in [7, 11) is 4.83. The smallest absolute Gasteiger partial charge is 0.321 e. The summed E-state index contributed by atoms with van der Waals surface area (Å²) in [4.78, 5) is 23.9. The number of hydrogen-bond acceptors (Lipinski definition) is 6. The molecule has 1 fully saturated rings. The monoisotopic (exact) mass is 425 g/mol. The number of aromatic nitrogens is 3. The maximum Gasteiger partial charge on any atom is 0.321 e. The summed E-state index contributed by atoms with van der Waals surface area (Å²) in [5, 5.41) is 2.95. The average Bonchev–Trinajstić information content (AvgIpc) is 3.17. The fraction of sp³-hybridized carbons (Fsp3) is 0.409. The van der Waals surface area contributed by atoms with Crippen molar-refractivity contribution in [2.75, 3.05) is 39.7 Å².